The summed E-state index contributed by atoms with van der Waals surface area (Å²) in [5, 5.41) is 11.5. The Morgan fingerprint density at radius 3 is 2.29 bits per heavy atom. The first kappa shape index (κ1) is 29.3. The molecule has 0 bridgehead atoms. The van der Waals surface area contributed by atoms with Crippen LogP contribution in [-0.4, -0.2) is 46.4 Å². The number of esters is 1. The Kier molecular flexibility index (Phi) is 9.34. The number of fused-ring (bicyclic) bond motifs is 1. The van der Waals surface area contributed by atoms with E-state index in [2.05, 4.69) is 20.8 Å². The Balaban J connectivity index is 1.61. The molecule has 3 aromatic carbocycles. The van der Waals surface area contributed by atoms with Crippen molar-refractivity contribution >= 4 is 28.7 Å². The molecule has 0 aliphatic carbocycles. The van der Waals surface area contributed by atoms with Gasteiger partial charge in [-0.15, -0.1) is 0 Å². The van der Waals surface area contributed by atoms with Gasteiger partial charge in [0.05, 0.1) is 6.61 Å². The van der Waals surface area contributed by atoms with Crippen LogP contribution in [0.4, 0.5) is 4.79 Å². The number of nitrogens with zero attached hydrogens (tertiary/aromatic N) is 2. The molecule has 10 nitrogen and oxygen atoms in total. The van der Waals surface area contributed by atoms with Crippen LogP contribution in [0.5, 0.6) is 0 Å². The highest BCUT2D eigenvalue weighted by Crippen LogP contribution is 2.20. The number of benzene rings is 3. The second kappa shape index (κ2) is 13.1. The van der Waals surface area contributed by atoms with Crippen LogP contribution in [-0.2, 0) is 27.1 Å². The maximum Gasteiger partial charge on any atom is 0.408 e. The van der Waals surface area contributed by atoms with Crippen LogP contribution in [0.3, 0.4) is 0 Å². The highest BCUT2D eigenvalue weighted by molar-refractivity contribution is 5.87. The van der Waals surface area contributed by atoms with Gasteiger partial charge in [0.25, 0.3) is 5.82 Å². The molecule has 214 valence electrons. The van der Waals surface area contributed by atoms with E-state index in [-0.39, 0.29) is 24.7 Å². The normalized spacial score (nSPS) is 12.8. The minimum atomic E-state index is -0.989. The Bertz CT molecular complexity index is 1500. The fourth-order valence-corrected chi connectivity index (χ4v) is 4.24. The van der Waals surface area contributed by atoms with E-state index in [1.807, 2.05) is 72.8 Å². The molecule has 1 aromatic heterocycles. The van der Waals surface area contributed by atoms with Crippen LogP contribution < -0.4 is 10.6 Å². The Morgan fingerprint density at radius 2 is 1.59 bits per heavy atom. The van der Waals surface area contributed by atoms with E-state index in [4.69, 9.17) is 14.0 Å². The van der Waals surface area contributed by atoms with Gasteiger partial charge in [-0.1, -0.05) is 72.8 Å². The topological polar surface area (TPSA) is 133 Å². The average molecular weight is 559 g/mol. The molecule has 0 radical (unpaired) electrons. The van der Waals surface area contributed by atoms with Crippen LogP contribution in [0.25, 0.3) is 10.8 Å². The van der Waals surface area contributed by atoms with Crippen LogP contribution in [0.1, 0.15) is 61.4 Å². The predicted octanol–water partition coefficient (Wildman–Crippen LogP) is 4.94. The third-order valence-corrected chi connectivity index (χ3v) is 6.06. The molecule has 0 saturated heterocycles. The number of aromatic nitrogens is 2. The van der Waals surface area contributed by atoms with Gasteiger partial charge in [0.2, 0.25) is 11.8 Å². The SMILES string of the molecule is CCOC(=O)c1noc(C(Cc2ccccc2)NC(=O)C(Cc2ccc3ccccc3c2)NC(=O)OC(C)(C)C)n1. The second-order valence-electron chi connectivity index (χ2n) is 10.5. The van der Waals surface area contributed by atoms with E-state index in [0.717, 1.165) is 21.9 Å². The standard InChI is InChI=1S/C31H34N4O6/c1-5-39-29(37)26-34-28(41-35-26)25(18-20-11-7-6-8-12-20)32-27(36)24(33-30(38)40-31(2,3)4)19-21-15-16-22-13-9-10-14-23(22)17-21/h6-17,24-25H,5,18-19H2,1-4H3,(H,32,36)(H,33,38). The lowest BCUT2D eigenvalue weighted by atomic mass is 10.0. The third-order valence-electron chi connectivity index (χ3n) is 6.06. The van der Waals surface area contributed by atoms with Crippen molar-refractivity contribution in [2.75, 3.05) is 6.61 Å². The van der Waals surface area contributed by atoms with E-state index >= 15 is 0 Å². The summed E-state index contributed by atoms with van der Waals surface area (Å²) in [6.07, 6.45) is -0.224. The molecule has 10 heteroatoms. The van der Waals surface area contributed by atoms with Crippen molar-refractivity contribution in [3.05, 3.63) is 95.6 Å². The lowest BCUT2D eigenvalue weighted by molar-refractivity contribution is -0.124. The molecule has 0 aliphatic rings. The van der Waals surface area contributed by atoms with Gasteiger partial charge in [-0.05, 0) is 54.8 Å². The highest BCUT2D eigenvalue weighted by Gasteiger charge is 2.30. The number of ether oxygens (including phenoxy) is 2. The molecule has 2 amide bonds. The van der Waals surface area contributed by atoms with Gasteiger partial charge < -0.3 is 24.6 Å². The van der Waals surface area contributed by atoms with Gasteiger partial charge in [-0.3, -0.25) is 4.79 Å². The molecule has 41 heavy (non-hydrogen) atoms. The summed E-state index contributed by atoms with van der Waals surface area (Å²) in [7, 11) is 0. The summed E-state index contributed by atoms with van der Waals surface area (Å²) < 4.78 is 15.8. The molecule has 1 heterocycles. The number of hydrogen-bond donors (Lipinski definition) is 2. The van der Waals surface area contributed by atoms with Crippen molar-refractivity contribution < 1.29 is 28.4 Å². The second-order valence-corrected chi connectivity index (χ2v) is 10.5. The lowest BCUT2D eigenvalue weighted by Gasteiger charge is -2.25. The van der Waals surface area contributed by atoms with E-state index in [1.54, 1.807) is 27.7 Å². The smallest absolute Gasteiger partial charge is 0.408 e. The summed E-state index contributed by atoms with van der Waals surface area (Å²) in [5.74, 6) is -1.42. The first-order chi connectivity index (χ1) is 19.6. The Labute approximate surface area is 238 Å². The predicted molar refractivity (Wildman–Crippen MR) is 152 cm³/mol. The quantitative estimate of drug-likeness (QED) is 0.262. The Morgan fingerprint density at radius 1 is 0.878 bits per heavy atom. The molecule has 0 saturated carbocycles. The molecule has 2 atom stereocenters. The maximum atomic E-state index is 13.8. The minimum Gasteiger partial charge on any atom is -0.460 e. The number of rotatable bonds is 10. The average Bonchev–Trinajstić information content (AvgIpc) is 3.43. The minimum absolute atomic E-state index is 0.0342. The zero-order valence-corrected chi connectivity index (χ0v) is 23.5. The zero-order chi connectivity index (χ0) is 29.4. The van der Waals surface area contributed by atoms with Gasteiger partial charge >= 0.3 is 12.1 Å². The number of alkyl carbamates (subject to hydrolysis) is 1. The van der Waals surface area contributed by atoms with E-state index in [0.29, 0.717) is 6.42 Å². The zero-order valence-electron chi connectivity index (χ0n) is 23.5. The number of hydrogen-bond acceptors (Lipinski definition) is 8. The van der Waals surface area contributed by atoms with Gasteiger partial charge in [0.15, 0.2) is 0 Å². The van der Waals surface area contributed by atoms with Gasteiger partial charge in [-0.25, -0.2) is 9.59 Å². The van der Waals surface area contributed by atoms with E-state index in [9.17, 15) is 14.4 Å². The van der Waals surface area contributed by atoms with Crippen molar-refractivity contribution in [1.29, 1.82) is 0 Å². The van der Waals surface area contributed by atoms with Crippen LogP contribution in [0, 0.1) is 0 Å². The van der Waals surface area contributed by atoms with E-state index in [1.165, 1.54) is 0 Å². The Hall–Kier alpha value is -4.73. The van der Waals surface area contributed by atoms with Crippen molar-refractivity contribution in [3.63, 3.8) is 0 Å². The van der Waals surface area contributed by atoms with Gasteiger partial charge in [-0.2, -0.15) is 4.98 Å². The highest BCUT2D eigenvalue weighted by atomic mass is 16.6. The molecule has 4 rings (SSSR count). The van der Waals surface area contributed by atoms with Gasteiger partial charge in [0.1, 0.15) is 17.7 Å². The number of amides is 2. The van der Waals surface area contributed by atoms with E-state index < -0.39 is 35.7 Å². The molecule has 0 fully saturated rings. The van der Waals surface area contributed by atoms with Crippen molar-refractivity contribution in [1.82, 2.24) is 20.8 Å². The molecule has 2 N–H and O–H groups in total. The lowest BCUT2D eigenvalue weighted by Crippen LogP contribution is -2.50. The third kappa shape index (κ3) is 8.38. The summed E-state index contributed by atoms with van der Waals surface area (Å²) in [6.45, 7) is 7.07. The van der Waals surface area contributed by atoms with Crippen LogP contribution >= 0.6 is 0 Å². The molecule has 0 spiro atoms. The van der Waals surface area contributed by atoms with Crippen molar-refractivity contribution in [2.24, 2.45) is 0 Å². The molecule has 4 aromatic rings. The molecule has 2 unspecified atom stereocenters. The number of nitrogens with one attached hydrogen (secondary N) is 2. The first-order valence-electron chi connectivity index (χ1n) is 13.4. The first-order valence-corrected chi connectivity index (χ1v) is 13.4. The largest absolute Gasteiger partial charge is 0.460 e. The van der Waals surface area contributed by atoms with Crippen LogP contribution in [0.15, 0.2) is 77.3 Å². The summed E-state index contributed by atoms with van der Waals surface area (Å²) in [6, 6.07) is 21.4. The number of carbonyl (C=O) groups excluding carboxylic acids is 3. The fourth-order valence-electron chi connectivity index (χ4n) is 4.24. The summed E-state index contributed by atoms with van der Waals surface area (Å²) in [4.78, 5) is 42.9. The number of carbonyl (C=O) groups is 3. The molecular formula is C31H34N4O6. The van der Waals surface area contributed by atoms with Gasteiger partial charge in [0, 0.05) is 12.8 Å². The van der Waals surface area contributed by atoms with Crippen LogP contribution in [0.2, 0.25) is 0 Å². The summed E-state index contributed by atoms with van der Waals surface area (Å²) >= 11 is 0. The summed E-state index contributed by atoms with van der Waals surface area (Å²) in [5.41, 5.74) is 0.985. The molecule has 0 aliphatic heterocycles. The monoisotopic (exact) mass is 558 g/mol. The fraction of sp³-hybridized carbons (Fsp3) is 0.323. The van der Waals surface area contributed by atoms with Crippen molar-refractivity contribution in [3.8, 4) is 0 Å². The maximum absolute atomic E-state index is 13.8. The van der Waals surface area contributed by atoms with Crippen molar-refractivity contribution in [2.45, 2.75) is 58.2 Å². The molecular weight excluding hydrogens is 524 g/mol.